The van der Waals surface area contributed by atoms with Crippen LogP contribution in [-0.2, 0) is 0 Å². The summed E-state index contributed by atoms with van der Waals surface area (Å²) in [5, 5.41) is 3.46. The van der Waals surface area contributed by atoms with E-state index in [4.69, 9.17) is 0 Å². The summed E-state index contributed by atoms with van der Waals surface area (Å²) in [5.41, 5.74) is 4.20. The minimum absolute atomic E-state index is 1.06. The van der Waals surface area contributed by atoms with Gasteiger partial charge >= 0.3 is 0 Å². The van der Waals surface area contributed by atoms with Crippen LogP contribution in [0.2, 0.25) is 0 Å². The van der Waals surface area contributed by atoms with Gasteiger partial charge in [-0.1, -0.05) is 0 Å². The second-order valence-corrected chi connectivity index (χ2v) is 5.53. The number of rotatable bonds is 6. The van der Waals surface area contributed by atoms with Crippen molar-refractivity contribution in [2.24, 2.45) is 0 Å². The first-order valence-corrected chi connectivity index (χ1v) is 7.73. The van der Waals surface area contributed by atoms with Gasteiger partial charge in [-0.05, 0) is 43.0 Å². The molecule has 0 unspecified atom stereocenters. The van der Waals surface area contributed by atoms with Crippen molar-refractivity contribution in [3.8, 4) is 0 Å². The second kappa shape index (κ2) is 6.11. The molecule has 1 heterocycles. The largest absolute Gasteiger partial charge is 0.385 e. The summed E-state index contributed by atoms with van der Waals surface area (Å²) < 4.78 is 1.26. The first-order valence-electron chi connectivity index (χ1n) is 5.46. The van der Waals surface area contributed by atoms with E-state index in [0.29, 0.717) is 0 Å². The highest BCUT2D eigenvalue weighted by Crippen LogP contribution is 2.21. The molecule has 0 spiro atoms. The third-order valence-electron chi connectivity index (χ3n) is 2.44. The second-order valence-electron chi connectivity index (χ2n) is 3.66. The fourth-order valence-electron chi connectivity index (χ4n) is 1.57. The first-order chi connectivity index (χ1) is 7.90. The number of hydrogen-bond donors (Lipinski definition) is 1. The molecule has 86 valence electrons. The number of hydrogen-bond acceptors (Lipinski definition) is 4. The molecule has 0 aliphatic heterocycles. The molecule has 1 N–H and O–H groups in total. The van der Waals surface area contributed by atoms with E-state index in [1.807, 2.05) is 17.3 Å². The Morgan fingerprint density at radius 1 is 1.38 bits per heavy atom. The predicted molar refractivity (Wildman–Crippen MR) is 75.7 cm³/mol. The number of anilines is 1. The molecule has 2 rings (SSSR count). The Bertz CT molecular complexity index is 439. The van der Waals surface area contributed by atoms with Gasteiger partial charge in [-0.25, -0.2) is 4.98 Å². The quantitative estimate of drug-likeness (QED) is 0.790. The lowest BCUT2D eigenvalue weighted by Gasteiger charge is -2.05. The van der Waals surface area contributed by atoms with Crippen LogP contribution in [0.25, 0.3) is 10.2 Å². The summed E-state index contributed by atoms with van der Waals surface area (Å²) in [4.78, 5) is 4.27. The lowest BCUT2D eigenvalue weighted by atomic mass is 10.3. The first kappa shape index (κ1) is 11.7. The molecular weight excluding hydrogens is 236 g/mol. The van der Waals surface area contributed by atoms with E-state index < -0.39 is 0 Å². The monoisotopic (exact) mass is 252 g/mol. The Balaban J connectivity index is 1.84. The van der Waals surface area contributed by atoms with Gasteiger partial charge in [0.25, 0.3) is 0 Å². The van der Waals surface area contributed by atoms with Crippen molar-refractivity contribution >= 4 is 39.0 Å². The zero-order chi connectivity index (χ0) is 11.2. The molecule has 0 atom stereocenters. The molecule has 0 bridgehead atoms. The molecule has 4 heteroatoms. The van der Waals surface area contributed by atoms with Crippen LogP contribution < -0.4 is 5.32 Å². The summed E-state index contributed by atoms with van der Waals surface area (Å²) in [7, 11) is 0. The van der Waals surface area contributed by atoms with Gasteiger partial charge in [0.15, 0.2) is 0 Å². The van der Waals surface area contributed by atoms with Gasteiger partial charge in [0.2, 0.25) is 0 Å². The number of unbranched alkanes of at least 4 members (excludes halogenated alkanes) is 1. The van der Waals surface area contributed by atoms with E-state index in [1.54, 1.807) is 11.3 Å². The predicted octanol–water partition coefficient (Wildman–Crippen LogP) is 3.85. The molecule has 0 radical (unpaired) electrons. The number of nitrogens with one attached hydrogen (secondary N) is 1. The normalized spacial score (nSPS) is 10.8. The molecule has 2 nitrogen and oxygen atoms in total. The maximum absolute atomic E-state index is 4.27. The Hall–Kier alpha value is -0.740. The van der Waals surface area contributed by atoms with E-state index in [9.17, 15) is 0 Å². The smallest absolute Gasteiger partial charge is 0.0813 e. The van der Waals surface area contributed by atoms with Crippen LogP contribution >= 0.6 is 23.1 Å². The Morgan fingerprint density at radius 2 is 2.31 bits per heavy atom. The van der Waals surface area contributed by atoms with Gasteiger partial charge in [0, 0.05) is 12.2 Å². The van der Waals surface area contributed by atoms with Crippen LogP contribution in [0.4, 0.5) is 5.69 Å². The van der Waals surface area contributed by atoms with E-state index >= 15 is 0 Å². The van der Waals surface area contributed by atoms with E-state index in [1.165, 1.54) is 29.0 Å². The molecule has 1 aromatic carbocycles. The fraction of sp³-hybridized carbons (Fsp3) is 0.417. The number of thioether (sulfide) groups is 1. The van der Waals surface area contributed by atoms with Crippen LogP contribution in [0, 0.1) is 0 Å². The van der Waals surface area contributed by atoms with Crippen molar-refractivity contribution < 1.29 is 0 Å². The topological polar surface area (TPSA) is 24.9 Å². The molecule has 0 fully saturated rings. The van der Waals surface area contributed by atoms with Crippen LogP contribution in [-0.4, -0.2) is 23.5 Å². The Labute approximate surface area is 104 Å². The molecular formula is C12H16N2S2. The van der Waals surface area contributed by atoms with Gasteiger partial charge < -0.3 is 5.32 Å². The van der Waals surface area contributed by atoms with Gasteiger partial charge in [0.1, 0.15) is 0 Å². The Kier molecular flexibility index (Phi) is 4.48. The summed E-state index contributed by atoms with van der Waals surface area (Å²) in [6, 6.07) is 6.37. The molecule has 0 saturated heterocycles. The zero-order valence-corrected chi connectivity index (χ0v) is 11.0. The van der Waals surface area contributed by atoms with Gasteiger partial charge in [-0.3, -0.25) is 0 Å². The summed E-state index contributed by atoms with van der Waals surface area (Å²) >= 11 is 3.61. The highest BCUT2D eigenvalue weighted by atomic mass is 32.2. The number of nitrogens with zero attached hydrogens (tertiary/aromatic N) is 1. The average Bonchev–Trinajstić information content (AvgIpc) is 2.76. The number of benzene rings is 1. The maximum Gasteiger partial charge on any atom is 0.0813 e. The van der Waals surface area contributed by atoms with Crippen molar-refractivity contribution in [1.82, 2.24) is 4.98 Å². The maximum atomic E-state index is 4.27. The Morgan fingerprint density at radius 3 is 3.19 bits per heavy atom. The molecule has 2 aromatic rings. The van der Waals surface area contributed by atoms with Crippen molar-refractivity contribution in [3.05, 3.63) is 23.7 Å². The van der Waals surface area contributed by atoms with E-state index in [2.05, 4.69) is 34.8 Å². The fourth-order valence-corrected chi connectivity index (χ4v) is 2.78. The zero-order valence-electron chi connectivity index (χ0n) is 9.40. The standard InChI is InChI=1S/C12H16N2S2/c1-15-7-3-2-6-13-10-4-5-11-12(8-10)16-9-14-11/h4-5,8-9,13H,2-3,6-7H2,1H3. The summed E-state index contributed by atoms with van der Waals surface area (Å²) in [5.74, 6) is 1.26. The highest BCUT2D eigenvalue weighted by molar-refractivity contribution is 7.98. The summed E-state index contributed by atoms with van der Waals surface area (Å²) in [6.45, 7) is 1.06. The lowest BCUT2D eigenvalue weighted by Crippen LogP contribution is -2.01. The van der Waals surface area contributed by atoms with Crippen molar-refractivity contribution in [2.75, 3.05) is 23.9 Å². The minimum atomic E-state index is 1.06. The van der Waals surface area contributed by atoms with E-state index in [-0.39, 0.29) is 0 Å². The van der Waals surface area contributed by atoms with Crippen molar-refractivity contribution in [2.45, 2.75) is 12.8 Å². The number of aromatic nitrogens is 1. The third kappa shape index (κ3) is 3.12. The van der Waals surface area contributed by atoms with Crippen LogP contribution in [0.3, 0.4) is 0 Å². The molecule has 16 heavy (non-hydrogen) atoms. The van der Waals surface area contributed by atoms with Crippen LogP contribution in [0.15, 0.2) is 23.7 Å². The van der Waals surface area contributed by atoms with Gasteiger partial charge in [0.05, 0.1) is 15.7 Å². The molecule has 0 aliphatic rings. The molecule has 0 aliphatic carbocycles. The van der Waals surface area contributed by atoms with Crippen molar-refractivity contribution in [3.63, 3.8) is 0 Å². The summed E-state index contributed by atoms with van der Waals surface area (Å²) in [6.07, 6.45) is 4.68. The van der Waals surface area contributed by atoms with E-state index in [0.717, 1.165) is 12.1 Å². The SMILES string of the molecule is CSCCCCNc1ccc2ncsc2c1. The van der Waals surface area contributed by atoms with Gasteiger partial charge in [-0.15, -0.1) is 11.3 Å². The van der Waals surface area contributed by atoms with Gasteiger partial charge in [-0.2, -0.15) is 11.8 Å². The third-order valence-corrected chi connectivity index (χ3v) is 3.92. The van der Waals surface area contributed by atoms with Crippen molar-refractivity contribution in [1.29, 1.82) is 0 Å². The molecule has 1 aromatic heterocycles. The van der Waals surface area contributed by atoms with Crippen LogP contribution in [0.5, 0.6) is 0 Å². The van der Waals surface area contributed by atoms with Crippen LogP contribution in [0.1, 0.15) is 12.8 Å². The molecule has 0 amide bonds. The highest BCUT2D eigenvalue weighted by Gasteiger charge is 1.97. The molecule has 0 saturated carbocycles. The minimum Gasteiger partial charge on any atom is -0.385 e. The number of thiazole rings is 1. The average molecular weight is 252 g/mol. The number of fused-ring (bicyclic) bond motifs is 1. The lowest BCUT2D eigenvalue weighted by molar-refractivity contribution is 0.843.